The maximum atomic E-state index is 12.6. The molecule has 1 aromatic heterocycles. The van der Waals surface area contributed by atoms with Gasteiger partial charge in [-0.2, -0.15) is 0 Å². The van der Waals surface area contributed by atoms with Crippen LogP contribution in [0.1, 0.15) is 60.3 Å². The molecule has 0 radical (unpaired) electrons. The van der Waals surface area contributed by atoms with Crippen LogP contribution in [0.25, 0.3) is 0 Å². The van der Waals surface area contributed by atoms with Crippen molar-refractivity contribution in [2.75, 3.05) is 19.4 Å². The van der Waals surface area contributed by atoms with Crippen molar-refractivity contribution in [1.29, 1.82) is 0 Å². The van der Waals surface area contributed by atoms with E-state index in [-0.39, 0.29) is 30.2 Å². The Morgan fingerprint density at radius 1 is 1.16 bits per heavy atom. The average molecular weight is 475 g/mol. The maximum Gasteiger partial charge on any atom is 0.339 e. The number of nitrogens with one attached hydrogen (secondary N) is 1. The molecule has 1 N–H and O–H groups in total. The summed E-state index contributed by atoms with van der Waals surface area (Å²) in [5.41, 5.74) is 0.365. The second kappa shape index (κ2) is 12.1. The molecule has 2 amide bonds. The second-order valence-electron chi connectivity index (χ2n) is 7.96. The molecule has 172 valence electrons. The monoisotopic (exact) mass is 474 g/mol. The lowest BCUT2D eigenvalue weighted by atomic mass is 9.94. The largest absolute Gasteiger partial charge is 0.452 e. The molecule has 3 rings (SSSR count). The van der Waals surface area contributed by atoms with Gasteiger partial charge in [0.15, 0.2) is 6.61 Å². The summed E-state index contributed by atoms with van der Waals surface area (Å²) >= 11 is 2.89. The van der Waals surface area contributed by atoms with E-state index in [0.29, 0.717) is 16.5 Å². The van der Waals surface area contributed by atoms with Crippen LogP contribution >= 0.6 is 23.1 Å². The van der Waals surface area contributed by atoms with Crippen molar-refractivity contribution in [2.45, 2.75) is 56.0 Å². The van der Waals surface area contributed by atoms with Gasteiger partial charge in [-0.25, -0.2) is 4.79 Å². The van der Waals surface area contributed by atoms with E-state index >= 15 is 0 Å². The number of benzene rings is 1. The standard InChI is InChI=1S/C24H30N2O4S2/c1-17(20-13-8-14-31-20)25-22(27)15-30-24(29)19-11-6-7-12-21(19)32-16-23(28)26(2)18-9-4-3-5-10-18/h6-8,11-14,17-18H,3-5,9-10,15-16H2,1-2H3,(H,25,27). The second-order valence-corrected chi connectivity index (χ2v) is 9.96. The predicted octanol–water partition coefficient (Wildman–Crippen LogP) is 4.67. The SMILES string of the molecule is CC(NC(=O)COC(=O)c1ccccc1SCC(=O)N(C)C1CCCCC1)c1cccs1. The Bertz CT molecular complexity index is 910. The lowest BCUT2D eigenvalue weighted by Gasteiger charge is -2.31. The van der Waals surface area contributed by atoms with Gasteiger partial charge in [0.2, 0.25) is 5.91 Å². The van der Waals surface area contributed by atoms with E-state index in [4.69, 9.17) is 4.74 Å². The van der Waals surface area contributed by atoms with Crippen LogP contribution in [-0.4, -0.2) is 48.1 Å². The Morgan fingerprint density at radius 3 is 2.62 bits per heavy atom. The summed E-state index contributed by atoms with van der Waals surface area (Å²) in [4.78, 5) is 41.0. The van der Waals surface area contributed by atoms with E-state index in [1.54, 1.807) is 29.5 Å². The number of carbonyl (C=O) groups excluding carboxylic acids is 3. The quantitative estimate of drug-likeness (QED) is 0.422. The minimum atomic E-state index is -0.569. The molecule has 6 nitrogen and oxygen atoms in total. The molecule has 0 aliphatic heterocycles. The smallest absolute Gasteiger partial charge is 0.339 e. The van der Waals surface area contributed by atoms with Crippen LogP contribution in [0, 0.1) is 0 Å². The van der Waals surface area contributed by atoms with Crippen molar-refractivity contribution < 1.29 is 19.1 Å². The molecular weight excluding hydrogens is 444 g/mol. The Morgan fingerprint density at radius 2 is 1.91 bits per heavy atom. The zero-order chi connectivity index (χ0) is 22.9. The van der Waals surface area contributed by atoms with Crippen molar-refractivity contribution in [2.24, 2.45) is 0 Å². The minimum absolute atomic E-state index is 0.0620. The number of ether oxygens (including phenoxy) is 1. The highest BCUT2D eigenvalue weighted by Gasteiger charge is 2.23. The van der Waals surface area contributed by atoms with Crippen molar-refractivity contribution >= 4 is 40.9 Å². The van der Waals surface area contributed by atoms with Gasteiger partial charge in [-0.1, -0.05) is 37.5 Å². The first-order valence-electron chi connectivity index (χ1n) is 10.9. The normalized spacial score (nSPS) is 15.1. The number of thiophene rings is 1. The van der Waals surface area contributed by atoms with E-state index in [1.807, 2.05) is 42.5 Å². The summed E-state index contributed by atoms with van der Waals surface area (Å²) in [5.74, 6) is -0.600. The van der Waals surface area contributed by atoms with Crippen molar-refractivity contribution in [3.05, 3.63) is 52.2 Å². The van der Waals surface area contributed by atoms with Crippen LogP contribution in [-0.2, 0) is 14.3 Å². The lowest BCUT2D eigenvalue weighted by Crippen LogP contribution is -2.39. The third-order valence-electron chi connectivity index (χ3n) is 5.66. The van der Waals surface area contributed by atoms with E-state index in [1.165, 1.54) is 31.0 Å². The number of nitrogens with zero attached hydrogens (tertiary/aromatic N) is 1. The number of carbonyl (C=O) groups is 3. The molecule has 0 bridgehead atoms. The molecular formula is C24H30N2O4S2. The summed E-state index contributed by atoms with van der Waals surface area (Å²) in [6.45, 7) is 1.54. The van der Waals surface area contributed by atoms with Gasteiger partial charge < -0.3 is 15.0 Å². The van der Waals surface area contributed by atoms with Gasteiger partial charge in [0, 0.05) is 22.9 Å². The van der Waals surface area contributed by atoms with Gasteiger partial charge in [0.05, 0.1) is 17.4 Å². The summed E-state index contributed by atoms with van der Waals surface area (Å²) in [6.07, 6.45) is 5.70. The fraction of sp³-hybridized carbons (Fsp3) is 0.458. The molecule has 1 aromatic carbocycles. The zero-order valence-electron chi connectivity index (χ0n) is 18.5. The third kappa shape index (κ3) is 6.84. The molecule has 0 spiro atoms. The highest BCUT2D eigenvalue weighted by molar-refractivity contribution is 8.00. The van der Waals surface area contributed by atoms with Crippen LogP contribution in [0.4, 0.5) is 0 Å². The molecule has 8 heteroatoms. The van der Waals surface area contributed by atoms with Gasteiger partial charge in [-0.15, -0.1) is 23.1 Å². The molecule has 1 unspecified atom stereocenters. The van der Waals surface area contributed by atoms with Crippen LogP contribution < -0.4 is 5.32 Å². The van der Waals surface area contributed by atoms with Crippen molar-refractivity contribution in [3.8, 4) is 0 Å². The van der Waals surface area contributed by atoms with Gasteiger partial charge in [-0.05, 0) is 43.3 Å². The zero-order valence-corrected chi connectivity index (χ0v) is 20.2. The first kappa shape index (κ1) is 24.3. The number of amides is 2. The van der Waals surface area contributed by atoms with Gasteiger partial charge in [0.25, 0.3) is 5.91 Å². The van der Waals surface area contributed by atoms with Crippen LogP contribution in [0.15, 0.2) is 46.7 Å². The van der Waals surface area contributed by atoms with E-state index in [0.717, 1.165) is 17.7 Å². The predicted molar refractivity (Wildman–Crippen MR) is 128 cm³/mol. The molecule has 1 aliphatic carbocycles. The lowest BCUT2D eigenvalue weighted by molar-refractivity contribution is -0.129. The molecule has 1 fully saturated rings. The number of hydrogen-bond acceptors (Lipinski definition) is 6. The first-order valence-corrected chi connectivity index (χ1v) is 12.8. The Hall–Kier alpha value is -2.32. The van der Waals surface area contributed by atoms with Gasteiger partial charge in [0.1, 0.15) is 0 Å². The Balaban J connectivity index is 1.50. The summed E-state index contributed by atoms with van der Waals surface area (Å²) in [5, 5.41) is 4.77. The van der Waals surface area contributed by atoms with Crippen LogP contribution in [0.5, 0.6) is 0 Å². The van der Waals surface area contributed by atoms with E-state index in [9.17, 15) is 14.4 Å². The molecule has 1 saturated carbocycles. The highest BCUT2D eigenvalue weighted by Crippen LogP contribution is 2.26. The first-order chi connectivity index (χ1) is 15.5. The number of esters is 1. The number of thioether (sulfide) groups is 1. The van der Waals surface area contributed by atoms with Gasteiger partial charge >= 0.3 is 5.97 Å². The topological polar surface area (TPSA) is 75.7 Å². The average Bonchev–Trinajstić information content (AvgIpc) is 3.36. The Labute approximate surface area is 197 Å². The summed E-state index contributed by atoms with van der Waals surface area (Å²) < 4.78 is 5.24. The van der Waals surface area contributed by atoms with E-state index < -0.39 is 5.97 Å². The maximum absolute atomic E-state index is 12.6. The molecule has 1 atom stereocenters. The highest BCUT2D eigenvalue weighted by atomic mass is 32.2. The van der Waals surface area contributed by atoms with E-state index in [2.05, 4.69) is 5.32 Å². The molecule has 32 heavy (non-hydrogen) atoms. The molecule has 2 aromatic rings. The fourth-order valence-electron chi connectivity index (χ4n) is 3.78. The molecule has 1 heterocycles. The van der Waals surface area contributed by atoms with Crippen molar-refractivity contribution in [3.63, 3.8) is 0 Å². The summed E-state index contributed by atoms with van der Waals surface area (Å²) in [6, 6.07) is 11.1. The van der Waals surface area contributed by atoms with Crippen LogP contribution in [0.2, 0.25) is 0 Å². The van der Waals surface area contributed by atoms with Gasteiger partial charge in [-0.3, -0.25) is 9.59 Å². The molecule has 0 saturated heterocycles. The third-order valence-corrected chi connectivity index (χ3v) is 7.77. The number of rotatable bonds is 9. The minimum Gasteiger partial charge on any atom is -0.452 e. The van der Waals surface area contributed by atoms with Crippen molar-refractivity contribution in [1.82, 2.24) is 10.2 Å². The fourth-order valence-corrected chi connectivity index (χ4v) is 5.47. The Kier molecular flexibility index (Phi) is 9.17. The summed E-state index contributed by atoms with van der Waals surface area (Å²) in [7, 11) is 1.87. The number of hydrogen-bond donors (Lipinski definition) is 1. The van der Waals surface area contributed by atoms with Crippen LogP contribution in [0.3, 0.4) is 0 Å². The molecule has 1 aliphatic rings.